The van der Waals surface area contributed by atoms with E-state index in [-0.39, 0.29) is 0 Å². The van der Waals surface area contributed by atoms with E-state index in [1.807, 2.05) is 31.2 Å². The first kappa shape index (κ1) is 19.0. The Labute approximate surface area is 160 Å². The van der Waals surface area contributed by atoms with Gasteiger partial charge in [0.05, 0.1) is 11.4 Å². The predicted octanol–water partition coefficient (Wildman–Crippen LogP) is 4.31. The number of rotatable bonds is 4. The first-order chi connectivity index (χ1) is 13.4. The molecule has 1 N–H and O–H groups in total. The Balaban J connectivity index is 1.93. The van der Waals surface area contributed by atoms with Gasteiger partial charge in [0.2, 0.25) is 0 Å². The van der Waals surface area contributed by atoms with Crippen molar-refractivity contribution in [1.29, 1.82) is 5.26 Å². The summed E-state index contributed by atoms with van der Waals surface area (Å²) in [5, 5.41) is 16.2. The average molecular weight is 378 g/mol. The van der Waals surface area contributed by atoms with Crippen molar-refractivity contribution >= 4 is 17.8 Å². The predicted molar refractivity (Wildman–Crippen MR) is 102 cm³/mol. The molecule has 2 aromatic carbocycles. The maximum absolute atomic E-state index is 13.8. The summed E-state index contributed by atoms with van der Waals surface area (Å²) in [4.78, 5) is 12.5. The van der Waals surface area contributed by atoms with Crippen LogP contribution in [0.4, 0.5) is 14.6 Å². The Kier molecular flexibility index (Phi) is 5.32. The standard InChI is InChI=1S/C21H16F2N4O/c1-13-6-8-16(9-7-13)27-20(10-14(2)26-27)25-21(28)15(12-24)11-17-18(22)4-3-5-19(17)23/h3-11H,1-2H3,(H,25,28)/b15-11+. The molecular formula is C21H16F2N4O. The van der Waals surface area contributed by atoms with Crippen LogP contribution < -0.4 is 5.32 Å². The molecule has 3 aromatic rings. The van der Waals surface area contributed by atoms with Crippen LogP contribution >= 0.6 is 0 Å². The molecule has 0 atom stereocenters. The van der Waals surface area contributed by atoms with Crippen LogP contribution in [-0.4, -0.2) is 15.7 Å². The van der Waals surface area contributed by atoms with Gasteiger partial charge in [-0.25, -0.2) is 13.5 Å². The van der Waals surface area contributed by atoms with Crippen LogP contribution in [-0.2, 0) is 4.79 Å². The van der Waals surface area contributed by atoms with E-state index in [0.29, 0.717) is 11.5 Å². The second-order valence-electron chi connectivity index (χ2n) is 6.18. The molecule has 1 heterocycles. The average Bonchev–Trinajstić information content (AvgIpc) is 3.02. The van der Waals surface area contributed by atoms with Crippen LogP contribution in [0.2, 0.25) is 0 Å². The van der Waals surface area contributed by atoms with E-state index in [1.54, 1.807) is 19.1 Å². The highest BCUT2D eigenvalue weighted by Gasteiger charge is 2.16. The summed E-state index contributed by atoms with van der Waals surface area (Å²) in [5.74, 6) is -2.18. The van der Waals surface area contributed by atoms with Crippen LogP contribution in [0.3, 0.4) is 0 Å². The van der Waals surface area contributed by atoms with E-state index >= 15 is 0 Å². The third kappa shape index (κ3) is 3.96. The van der Waals surface area contributed by atoms with Crippen molar-refractivity contribution < 1.29 is 13.6 Å². The minimum atomic E-state index is -0.860. The SMILES string of the molecule is Cc1ccc(-n2nc(C)cc2NC(=O)/C(C#N)=C/c2c(F)cccc2F)cc1. The molecule has 0 fully saturated rings. The maximum Gasteiger partial charge on any atom is 0.267 e. The maximum atomic E-state index is 13.8. The quantitative estimate of drug-likeness (QED) is 0.543. The van der Waals surface area contributed by atoms with Crippen molar-refractivity contribution in [3.63, 3.8) is 0 Å². The summed E-state index contributed by atoms with van der Waals surface area (Å²) < 4.78 is 29.2. The first-order valence-corrected chi connectivity index (χ1v) is 8.40. The number of aromatic nitrogens is 2. The lowest BCUT2D eigenvalue weighted by atomic mass is 10.1. The van der Waals surface area contributed by atoms with E-state index in [2.05, 4.69) is 10.4 Å². The highest BCUT2D eigenvalue weighted by molar-refractivity contribution is 6.09. The summed E-state index contributed by atoms with van der Waals surface area (Å²) in [6, 6.07) is 14.1. The molecule has 0 aliphatic heterocycles. The fraction of sp³-hybridized carbons (Fsp3) is 0.0952. The van der Waals surface area contributed by atoms with Gasteiger partial charge in [-0.2, -0.15) is 10.4 Å². The van der Waals surface area contributed by atoms with Crippen LogP contribution in [0, 0.1) is 36.8 Å². The number of aryl methyl sites for hydroxylation is 2. The summed E-state index contributed by atoms with van der Waals surface area (Å²) in [7, 11) is 0. The highest BCUT2D eigenvalue weighted by atomic mass is 19.1. The molecule has 0 aliphatic carbocycles. The summed E-state index contributed by atoms with van der Waals surface area (Å²) in [6.45, 7) is 3.71. The van der Waals surface area contributed by atoms with Gasteiger partial charge in [-0.3, -0.25) is 4.79 Å². The van der Waals surface area contributed by atoms with Crippen LogP contribution in [0.1, 0.15) is 16.8 Å². The molecule has 0 radical (unpaired) electrons. The lowest BCUT2D eigenvalue weighted by Crippen LogP contribution is -2.16. The Morgan fingerprint density at radius 3 is 2.39 bits per heavy atom. The van der Waals surface area contributed by atoms with Gasteiger partial charge in [-0.15, -0.1) is 0 Å². The van der Waals surface area contributed by atoms with Gasteiger partial charge >= 0.3 is 0 Å². The second kappa shape index (κ2) is 7.84. The molecule has 0 aliphatic rings. The number of nitriles is 1. The number of nitrogens with zero attached hydrogens (tertiary/aromatic N) is 3. The van der Waals surface area contributed by atoms with Gasteiger partial charge in [-0.1, -0.05) is 23.8 Å². The van der Waals surface area contributed by atoms with E-state index in [1.165, 1.54) is 10.7 Å². The minimum Gasteiger partial charge on any atom is -0.306 e. The van der Waals surface area contributed by atoms with Gasteiger partial charge in [0.1, 0.15) is 29.1 Å². The van der Waals surface area contributed by atoms with E-state index in [4.69, 9.17) is 0 Å². The van der Waals surface area contributed by atoms with Crippen molar-refractivity contribution in [3.8, 4) is 11.8 Å². The van der Waals surface area contributed by atoms with E-state index < -0.39 is 28.7 Å². The zero-order valence-corrected chi connectivity index (χ0v) is 15.2. The summed E-state index contributed by atoms with van der Waals surface area (Å²) in [5.41, 5.74) is 1.56. The van der Waals surface area contributed by atoms with Gasteiger partial charge in [0.25, 0.3) is 5.91 Å². The number of hydrogen-bond donors (Lipinski definition) is 1. The van der Waals surface area contributed by atoms with Crippen LogP contribution in [0.15, 0.2) is 54.1 Å². The topological polar surface area (TPSA) is 70.7 Å². The van der Waals surface area contributed by atoms with Crippen LogP contribution in [0.25, 0.3) is 11.8 Å². The van der Waals surface area contributed by atoms with E-state index in [0.717, 1.165) is 29.5 Å². The smallest absolute Gasteiger partial charge is 0.267 e. The lowest BCUT2D eigenvalue weighted by molar-refractivity contribution is -0.112. The van der Waals surface area contributed by atoms with Crippen LogP contribution in [0.5, 0.6) is 0 Å². The second-order valence-corrected chi connectivity index (χ2v) is 6.18. The number of nitrogens with one attached hydrogen (secondary N) is 1. The molecule has 5 nitrogen and oxygen atoms in total. The molecule has 140 valence electrons. The Bertz CT molecular complexity index is 1090. The Morgan fingerprint density at radius 1 is 1.14 bits per heavy atom. The summed E-state index contributed by atoms with van der Waals surface area (Å²) >= 11 is 0. The molecular weight excluding hydrogens is 362 g/mol. The number of carbonyl (C=O) groups excluding carboxylic acids is 1. The molecule has 1 amide bonds. The molecule has 28 heavy (non-hydrogen) atoms. The van der Waals surface area contributed by atoms with Crippen molar-refractivity contribution in [1.82, 2.24) is 9.78 Å². The third-order valence-corrected chi connectivity index (χ3v) is 4.01. The molecule has 0 spiro atoms. The van der Waals surface area contributed by atoms with Gasteiger partial charge in [-0.05, 0) is 44.2 Å². The first-order valence-electron chi connectivity index (χ1n) is 8.40. The van der Waals surface area contributed by atoms with Gasteiger partial charge < -0.3 is 5.32 Å². The fourth-order valence-corrected chi connectivity index (χ4v) is 2.60. The minimum absolute atomic E-state index is 0.335. The molecule has 0 bridgehead atoms. The van der Waals surface area contributed by atoms with Gasteiger partial charge in [0, 0.05) is 11.6 Å². The molecule has 0 saturated carbocycles. The third-order valence-electron chi connectivity index (χ3n) is 4.01. The normalized spacial score (nSPS) is 11.2. The van der Waals surface area contributed by atoms with Crippen molar-refractivity contribution in [2.45, 2.75) is 13.8 Å². The lowest BCUT2D eigenvalue weighted by Gasteiger charge is -2.09. The zero-order chi connectivity index (χ0) is 20.3. The highest BCUT2D eigenvalue weighted by Crippen LogP contribution is 2.20. The Hall–Kier alpha value is -3.79. The molecule has 7 heteroatoms. The van der Waals surface area contributed by atoms with Gasteiger partial charge in [0.15, 0.2) is 0 Å². The number of amides is 1. The summed E-state index contributed by atoms with van der Waals surface area (Å²) in [6.07, 6.45) is 0.888. The number of halogens is 2. The van der Waals surface area contributed by atoms with E-state index in [9.17, 15) is 18.8 Å². The number of carbonyl (C=O) groups is 1. The Morgan fingerprint density at radius 2 is 1.79 bits per heavy atom. The number of hydrogen-bond acceptors (Lipinski definition) is 3. The molecule has 0 saturated heterocycles. The van der Waals surface area contributed by atoms with Crippen molar-refractivity contribution in [2.75, 3.05) is 5.32 Å². The molecule has 0 unspecified atom stereocenters. The largest absolute Gasteiger partial charge is 0.306 e. The zero-order valence-electron chi connectivity index (χ0n) is 15.2. The fourth-order valence-electron chi connectivity index (χ4n) is 2.60. The monoisotopic (exact) mass is 378 g/mol. The van der Waals surface area contributed by atoms with Crippen molar-refractivity contribution in [3.05, 3.63) is 82.6 Å². The molecule has 3 rings (SSSR count). The van der Waals surface area contributed by atoms with Crippen molar-refractivity contribution in [2.24, 2.45) is 0 Å². The molecule has 1 aromatic heterocycles. The number of anilines is 1. The number of benzene rings is 2.